The fraction of sp³-hybridized carbons (Fsp3) is 0.222. The fourth-order valence-electron chi connectivity index (χ4n) is 0.891. The molecule has 11 heavy (non-hydrogen) atoms. The summed E-state index contributed by atoms with van der Waals surface area (Å²) in [5.41, 5.74) is 3.81. The number of hydrogen-bond donors (Lipinski definition) is 0. The first-order valence-corrected chi connectivity index (χ1v) is 3.80. The molecule has 1 nitrogen and oxygen atoms in total. The van der Waals surface area contributed by atoms with Gasteiger partial charge in [0, 0.05) is 0 Å². The van der Waals surface area contributed by atoms with Crippen molar-refractivity contribution in [2.75, 3.05) is 7.11 Å². The molecular formula is C9H9OP. The number of hydrogen-bond acceptors (Lipinski definition) is 1. The van der Waals surface area contributed by atoms with Crippen molar-refractivity contribution in [3.8, 4) is 5.63 Å². The van der Waals surface area contributed by atoms with Crippen LogP contribution in [0.2, 0.25) is 0 Å². The molecule has 0 radical (unpaired) electrons. The Balaban J connectivity index is 2.85. The second-order valence-electron chi connectivity index (χ2n) is 2.16. The molecule has 1 aromatic rings. The summed E-state index contributed by atoms with van der Waals surface area (Å²) in [7, 11) is 5.57. The van der Waals surface area contributed by atoms with Crippen LogP contribution in [0.5, 0.6) is 0 Å². The normalized spacial score (nSPS) is 12.0. The fourth-order valence-corrected chi connectivity index (χ4v) is 1.15. The summed E-state index contributed by atoms with van der Waals surface area (Å²) in [6.07, 6.45) is -0.125. The topological polar surface area (TPSA) is 9.23 Å². The Morgan fingerprint density at radius 1 is 1.36 bits per heavy atom. The number of rotatable bonds is 2. The van der Waals surface area contributed by atoms with E-state index in [1.165, 1.54) is 0 Å². The van der Waals surface area contributed by atoms with E-state index in [1.54, 1.807) is 7.11 Å². The summed E-state index contributed by atoms with van der Waals surface area (Å²) in [5.74, 6) is 0. The van der Waals surface area contributed by atoms with Crippen molar-refractivity contribution in [1.82, 2.24) is 0 Å². The van der Waals surface area contributed by atoms with Gasteiger partial charge in [0.1, 0.15) is 0 Å². The van der Waals surface area contributed by atoms with Crippen LogP contribution in [0.4, 0.5) is 0 Å². The Hall–Kier alpha value is -0.610. The predicted molar refractivity (Wildman–Crippen MR) is 47.0 cm³/mol. The van der Waals surface area contributed by atoms with Gasteiger partial charge < -0.3 is 0 Å². The summed E-state index contributed by atoms with van der Waals surface area (Å²) < 4.78 is 5.10. The van der Waals surface area contributed by atoms with Gasteiger partial charge in [-0.3, -0.25) is 0 Å². The van der Waals surface area contributed by atoms with Crippen molar-refractivity contribution in [2.24, 2.45) is 0 Å². The van der Waals surface area contributed by atoms with Crippen molar-refractivity contribution in [2.45, 2.75) is 6.10 Å². The molecule has 1 unspecified atom stereocenters. The van der Waals surface area contributed by atoms with E-state index in [9.17, 15) is 0 Å². The molecule has 0 saturated carbocycles. The second kappa shape index (κ2) is 4.31. The molecule has 1 atom stereocenters. The van der Waals surface area contributed by atoms with E-state index in [4.69, 9.17) is 4.74 Å². The van der Waals surface area contributed by atoms with Crippen molar-refractivity contribution < 1.29 is 4.74 Å². The molecule has 0 fully saturated rings. The van der Waals surface area contributed by atoms with Crippen LogP contribution in [0.25, 0.3) is 0 Å². The van der Waals surface area contributed by atoms with Gasteiger partial charge in [-0.15, -0.1) is 0 Å². The van der Waals surface area contributed by atoms with Gasteiger partial charge in [-0.25, -0.2) is 0 Å². The van der Waals surface area contributed by atoms with Crippen LogP contribution in [0, 0.1) is 5.63 Å². The Morgan fingerprint density at radius 2 is 2.00 bits per heavy atom. The molecule has 0 aromatic heterocycles. The summed E-state index contributed by atoms with van der Waals surface area (Å²) in [6.45, 7) is 0. The third-order valence-electron chi connectivity index (χ3n) is 1.46. The van der Waals surface area contributed by atoms with Gasteiger partial charge in [0.25, 0.3) is 0 Å². The molecule has 0 N–H and O–H groups in total. The Kier molecular flexibility index (Phi) is 3.32. The Bertz CT molecular complexity index is 250. The van der Waals surface area contributed by atoms with Crippen LogP contribution >= 0.6 is 8.70 Å². The molecule has 0 saturated heterocycles. The van der Waals surface area contributed by atoms with Crippen LogP contribution in [0.15, 0.2) is 30.3 Å². The van der Waals surface area contributed by atoms with Gasteiger partial charge in [-0.1, -0.05) is 0 Å². The van der Waals surface area contributed by atoms with Crippen molar-refractivity contribution >= 4 is 8.70 Å². The summed E-state index contributed by atoms with van der Waals surface area (Å²) >= 11 is 0. The third kappa shape index (κ3) is 2.17. The van der Waals surface area contributed by atoms with Gasteiger partial charge >= 0.3 is 68.2 Å². The zero-order chi connectivity index (χ0) is 8.10. The first-order chi connectivity index (χ1) is 5.38. The number of ether oxygens (including phenoxy) is 1. The average Bonchev–Trinajstić information content (AvgIpc) is 2.09. The Labute approximate surface area is 68.9 Å². The van der Waals surface area contributed by atoms with E-state index in [-0.39, 0.29) is 6.10 Å². The van der Waals surface area contributed by atoms with Crippen LogP contribution < -0.4 is 0 Å². The van der Waals surface area contributed by atoms with Gasteiger partial charge in [0.15, 0.2) is 0 Å². The van der Waals surface area contributed by atoms with Gasteiger partial charge in [-0.05, 0) is 0 Å². The predicted octanol–water partition coefficient (Wildman–Crippen LogP) is 2.74. The number of methoxy groups -OCH3 is 1. The van der Waals surface area contributed by atoms with Crippen LogP contribution in [0.3, 0.4) is 0 Å². The quantitative estimate of drug-likeness (QED) is 0.610. The molecule has 1 rings (SSSR count). The summed E-state index contributed by atoms with van der Waals surface area (Å²) in [5, 5.41) is 0. The first kappa shape index (κ1) is 8.49. The standard InChI is InChI=1S/C9H9OP/c1-10-9(7-11)8-5-3-2-4-6-8/h2-6,9H,1H3. The van der Waals surface area contributed by atoms with E-state index in [0.717, 1.165) is 5.56 Å². The molecule has 1 aromatic carbocycles. The van der Waals surface area contributed by atoms with Gasteiger partial charge in [0.05, 0.1) is 0 Å². The monoisotopic (exact) mass is 164 g/mol. The molecule has 56 valence electrons. The maximum absolute atomic E-state index is 5.10. The van der Waals surface area contributed by atoms with Crippen LogP contribution in [-0.2, 0) is 4.74 Å². The second-order valence-corrected chi connectivity index (χ2v) is 2.41. The molecule has 2 heteroatoms. The van der Waals surface area contributed by atoms with Gasteiger partial charge in [-0.2, -0.15) is 0 Å². The van der Waals surface area contributed by atoms with Crippen molar-refractivity contribution in [3.63, 3.8) is 0 Å². The van der Waals surface area contributed by atoms with E-state index in [2.05, 4.69) is 14.3 Å². The SMILES string of the molecule is COC(C#P)c1ccccc1. The minimum atomic E-state index is -0.125. The molecule has 0 heterocycles. The van der Waals surface area contributed by atoms with Crippen molar-refractivity contribution in [3.05, 3.63) is 35.9 Å². The minimum absolute atomic E-state index is 0.125. The molecule has 0 spiro atoms. The van der Waals surface area contributed by atoms with Crippen LogP contribution in [0.1, 0.15) is 11.7 Å². The zero-order valence-corrected chi connectivity index (χ0v) is 7.21. The summed E-state index contributed by atoms with van der Waals surface area (Å²) in [4.78, 5) is 0. The van der Waals surface area contributed by atoms with E-state index in [0.29, 0.717) is 0 Å². The maximum atomic E-state index is 5.10. The third-order valence-corrected chi connectivity index (χ3v) is 1.69. The van der Waals surface area contributed by atoms with Crippen LogP contribution in [-0.4, -0.2) is 7.11 Å². The summed E-state index contributed by atoms with van der Waals surface area (Å²) in [6, 6.07) is 9.86. The molecule has 0 amide bonds. The van der Waals surface area contributed by atoms with E-state index >= 15 is 0 Å². The zero-order valence-electron chi connectivity index (χ0n) is 6.32. The van der Waals surface area contributed by atoms with Gasteiger partial charge in [0.2, 0.25) is 0 Å². The molecule has 0 aliphatic rings. The van der Waals surface area contributed by atoms with E-state index in [1.807, 2.05) is 30.3 Å². The molecular weight excluding hydrogens is 155 g/mol. The molecule has 0 aliphatic carbocycles. The molecule has 0 bridgehead atoms. The number of benzene rings is 1. The average molecular weight is 164 g/mol. The first-order valence-electron chi connectivity index (χ1n) is 3.36. The van der Waals surface area contributed by atoms with E-state index < -0.39 is 0 Å². The van der Waals surface area contributed by atoms with Crippen molar-refractivity contribution in [1.29, 1.82) is 0 Å². The molecule has 0 aliphatic heterocycles. The Morgan fingerprint density at radius 3 is 2.45 bits per heavy atom.